The van der Waals surface area contributed by atoms with Gasteiger partial charge in [0.2, 0.25) is 0 Å². The molecule has 0 radical (unpaired) electrons. The molecule has 0 saturated carbocycles. The first-order chi connectivity index (χ1) is 9.36. The largest absolute Gasteiger partial charge is 0.377 e. The van der Waals surface area contributed by atoms with Gasteiger partial charge in [0, 0.05) is 20.1 Å². The summed E-state index contributed by atoms with van der Waals surface area (Å²) in [7, 11) is 1.59. The number of aldehydes is 1. The van der Waals surface area contributed by atoms with Crippen LogP contribution in [-0.2, 0) is 25.6 Å². The number of rotatable bonds is 11. The average molecular weight is 266 g/mol. The molecule has 0 bridgehead atoms. The second kappa shape index (κ2) is 10.7. The molecule has 4 nitrogen and oxygen atoms in total. The van der Waals surface area contributed by atoms with Crippen LogP contribution in [0.25, 0.3) is 0 Å². The molecule has 19 heavy (non-hydrogen) atoms. The fraction of sp³-hybridized carbons (Fsp3) is 0.533. The lowest BCUT2D eigenvalue weighted by atomic mass is 10.1. The lowest BCUT2D eigenvalue weighted by molar-refractivity contribution is -0.110. The third-order valence-electron chi connectivity index (χ3n) is 2.72. The van der Waals surface area contributed by atoms with Gasteiger partial charge in [-0.05, 0) is 18.4 Å². The van der Waals surface area contributed by atoms with E-state index < -0.39 is 0 Å². The zero-order chi connectivity index (χ0) is 13.8. The van der Waals surface area contributed by atoms with Crippen molar-refractivity contribution in [3.63, 3.8) is 0 Å². The van der Waals surface area contributed by atoms with E-state index in [1.807, 2.05) is 30.3 Å². The maximum absolute atomic E-state index is 10.4. The Kier molecular flexibility index (Phi) is 8.89. The fourth-order valence-corrected chi connectivity index (χ4v) is 1.71. The summed E-state index contributed by atoms with van der Waals surface area (Å²) in [4.78, 5) is 10.4. The smallest absolute Gasteiger partial charge is 0.146 e. The fourth-order valence-electron chi connectivity index (χ4n) is 1.71. The Morgan fingerprint density at radius 1 is 1.21 bits per heavy atom. The van der Waals surface area contributed by atoms with Gasteiger partial charge in [0.15, 0.2) is 0 Å². The third-order valence-corrected chi connectivity index (χ3v) is 2.72. The number of methoxy groups -OCH3 is 1. The predicted molar refractivity (Wildman–Crippen MR) is 72.8 cm³/mol. The monoisotopic (exact) mass is 266 g/mol. The maximum atomic E-state index is 10.4. The van der Waals surface area contributed by atoms with Crippen LogP contribution in [0.3, 0.4) is 0 Å². The number of carbonyl (C=O) groups is 1. The summed E-state index contributed by atoms with van der Waals surface area (Å²) in [5.74, 6) is 0. The molecule has 0 aromatic heterocycles. The number of benzene rings is 1. The summed E-state index contributed by atoms with van der Waals surface area (Å²) in [6, 6.07) is 10.0. The minimum absolute atomic E-state index is 0.0147. The topological polar surface area (TPSA) is 44.8 Å². The quantitative estimate of drug-likeness (QED) is 0.351. The van der Waals surface area contributed by atoms with E-state index in [1.165, 1.54) is 0 Å². The lowest BCUT2D eigenvalue weighted by Gasteiger charge is -2.16. The normalized spacial score (nSPS) is 12.3. The van der Waals surface area contributed by atoms with Gasteiger partial charge in [-0.3, -0.25) is 0 Å². The van der Waals surface area contributed by atoms with Gasteiger partial charge in [0.25, 0.3) is 0 Å². The molecule has 0 spiro atoms. The molecule has 106 valence electrons. The molecule has 0 saturated heterocycles. The second-order valence-corrected chi connectivity index (χ2v) is 4.27. The van der Waals surface area contributed by atoms with E-state index in [2.05, 4.69) is 0 Å². The van der Waals surface area contributed by atoms with Crippen molar-refractivity contribution < 1.29 is 19.0 Å². The zero-order valence-electron chi connectivity index (χ0n) is 11.4. The molecule has 1 atom stereocenters. The molecule has 0 unspecified atom stereocenters. The van der Waals surface area contributed by atoms with Crippen molar-refractivity contribution in [2.45, 2.75) is 32.0 Å². The Morgan fingerprint density at radius 3 is 2.68 bits per heavy atom. The van der Waals surface area contributed by atoms with Crippen LogP contribution in [0.2, 0.25) is 0 Å². The van der Waals surface area contributed by atoms with Gasteiger partial charge < -0.3 is 19.0 Å². The van der Waals surface area contributed by atoms with Gasteiger partial charge in [0.05, 0.1) is 12.7 Å². The van der Waals surface area contributed by atoms with Gasteiger partial charge in [-0.1, -0.05) is 30.3 Å². The van der Waals surface area contributed by atoms with Crippen LogP contribution < -0.4 is 0 Å². The summed E-state index contributed by atoms with van der Waals surface area (Å²) in [6.45, 7) is 1.47. The third kappa shape index (κ3) is 7.72. The minimum Gasteiger partial charge on any atom is -0.377 e. The lowest BCUT2D eigenvalue weighted by Crippen LogP contribution is -2.17. The first-order valence-electron chi connectivity index (χ1n) is 6.52. The number of hydrogen-bond acceptors (Lipinski definition) is 4. The Hall–Kier alpha value is -1.23. The first-order valence-corrected chi connectivity index (χ1v) is 6.52. The van der Waals surface area contributed by atoms with Crippen LogP contribution in [0.1, 0.15) is 24.8 Å². The Bertz CT molecular complexity index is 326. The highest BCUT2D eigenvalue weighted by Gasteiger charge is 2.08. The predicted octanol–water partition coefficient (Wildman–Crippen LogP) is 2.56. The van der Waals surface area contributed by atoms with Gasteiger partial charge in [0.1, 0.15) is 13.1 Å². The Morgan fingerprint density at radius 2 is 2.00 bits per heavy atom. The van der Waals surface area contributed by atoms with E-state index in [4.69, 9.17) is 14.2 Å². The van der Waals surface area contributed by atoms with E-state index in [-0.39, 0.29) is 12.9 Å². The van der Waals surface area contributed by atoms with Crippen LogP contribution in [0, 0.1) is 0 Å². The van der Waals surface area contributed by atoms with Crippen LogP contribution in [-0.4, -0.2) is 32.9 Å². The van der Waals surface area contributed by atoms with Crippen molar-refractivity contribution in [2.75, 3.05) is 20.5 Å². The van der Waals surface area contributed by atoms with Crippen molar-refractivity contribution in [3.05, 3.63) is 35.9 Å². The van der Waals surface area contributed by atoms with Crippen molar-refractivity contribution in [2.24, 2.45) is 0 Å². The van der Waals surface area contributed by atoms with Gasteiger partial charge in [-0.2, -0.15) is 0 Å². The van der Waals surface area contributed by atoms with Crippen molar-refractivity contribution in [3.8, 4) is 0 Å². The SMILES string of the molecule is COCO[C@H](CCC=O)CCOCc1ccccc1. The molecule has 4 heteroatoms. The van der Waals surface area contributed by atoms with Gasteiger partial charge in [-0.15, -0.1) is 0 Å². The summed E-state index contributed by atoms with van der Waals surface area (Å²) in [5, 5.41) is 0. The molecule has 0 aliphatic carbocycles. The number of hydrogen-bond donors (Lipinski definition) is 0. The van der Waals surface area contributed by atoms with Crippen LogP contribution in [0.15, 0.2) is 30.3 Å². The molecule has 1 aromatic rings. The molecule has 0 amide bonds. The molecule has 0 N–H and O–H groups in total. The Balaban J connectivity index is 2.17. The molecule has 1 aromatic carbocycles. The molecule has 0 aliphatic rings. The van der Waals surface area contributed by atoms with E-state index in [9.17, 15) is 4.79 Å². The average Bonchev–Trinajstić information content (AvgIpc) is 2.46. The van der Waals surface area contributed by atoms with E-state index in [1.54, 1.807) is 7.11 Å². The first kappa shape index (κ1) is 15.8. The van der Waals surface area contributed by atoms with Gasteiger partial charge in [-0.25, -0.2) is 0 Å². The molecule has 0 fully saturated rings. The van der Waals surface area contributed by atoms with E-state index in [0.717, 1.165) is 18.3 Å². The van der Waals surface area contributed by atoms with E-state index >= 15 is 0 Å². The minimum atomic E-state index is 0.0147. The van der Waals surface area contributed by atoms with E-state index in [0.29, 0.717) is 26.1 Å². The summed E-state index contributed by atoms with van der Waals surface area (Å²) >= 11 is 0. The summed E-state index contributed by atoms with van der Waals surface area (Å²) in [5.41, 5.74) is 1.16. The van der Waals surface area contributed by atoms with Crippen molar-refractivity contribution >= 4 is 6.29 Å². The summed E-state index contributed by atoms with van der Waals surface area (Å²) < 4.78 is 16.0. The maximum Gasteiger partial charge on any atom is 0.146 e. The molecular weight excluding hydrogens is 244 g/mol. The van der Waals surface area contributed by atoms with Crippen LogP contribution >= 0.6 is 0 Å². The standard InChI is InChI=1S/C15H22O4/c1-17-13-19-15(8-5-10-16)9-11-18-12-14-6-3-2-4-7-14/h2-4,6-7,10,15H,5,8-9,11-13H2,1H3/t15-/m1/s1. The molecular formula is C15H22O4. The zero-order valence-corrected chi connectivity index (χ0v) is 11.4. The van der Waals surface area contributed by atoms with Crippen molar-refractivity contribution in [1.82, 2.24) is 0 Å². The van der Waals surface area contributed by atoms with Crippen LogP contribution in [0.4, 0.5) is 0 Å². The van der Waals surface area contributed by atoms with Crippen LogP contribution in [0.5, 0.6) is 0 Å². The van der Waals surface area contributed by atoms with Crippen molar-refractivity contribution in [1.29, 1.82) is 0 Å². The molecule has 1 rings (SSSR count). The number of ether oxygens (including phenoxy) is 3. The second-order valence-electron chi connectivity index (χ2n) is 4.27. The highest BCUT2D eigenvalue weighted by Crippen LogP contribution is 2.08. The summed E-state index contributed by atoms with van der Waals surface area (Å²) in [6.07, 6.45) is 2.91. The molecule has 0 heterocycles. The highest BCUT2D eigenvalue weighted by atomic mass is 16.7. The Labute approximate surface area is 114 Å². The molecule has 0 aliphatic heterocycles. The van der Waals surface area contributed by atoms with Gasteiger partial charge >= 0.3 is 0 Å². The number of carbonyl (C=O) groups excluding carboxylic acids is 1. The highest BCUT2D eigenvalue weighted by molar-refractivity contribution is 5.49.